The highest BCUT2D eigenvalue weighted by molar-refractivity contribution is 6.33. The van der Waals surface area contributed by atoms with Crippen molar-refractivity contribution in [1.82, 2.24) is 0 Å². The van der Waals surface area contributed by atoms with Crippen molar-refractivity contribution in [3.8, 4) is 11.1 Å². The zero-order valence-electron chi connectivity index (χ0n) is 10.7. The van der Waals surface area contributed by atoms with E-state index in [0.29, 0.717) is 0 Å². The zero-order valence-corrected chi connectivity index (χ0v) is 11.5. The normalized spacial score (nSPS) is 9.41. The van der Waals surface area contributed by atoms with Gasteiger partial charge in [0.05, 0.1) is 0 Å². The van der Waals surface area contributed by atoms with Gasteiger partial charge in [-0.3, -0.25) is 0 Å². The number of halogens is 1. The molecule has 1 heteroatoms. The first-order valence-electron chi connectivity index (χ1n) is 6.15. The molecule has 17 heavy (non-hydrogen) atoms. The number of rotatable bonds is 2. The molecule has 0 fully saturated rings. The molecule has 0 aliphatic heterocycles. The van der Waals surface area contributed by atoms with Crippen LogP contribution in [0.25, 0.3) is 11.1 Å². The highest BCUT2D eigenvalue weighted by Crippen LogP contribution is 2.27. The molecule has 90 valence electrons. The first kappa shape index (κ1) is 13.8. The summed E-state index contributed by atoms with van der Waals surface area (Å²) < 4.78 is 0. The topological polar surface area (TPSA) is 0 Å². The van der Waals surface area contributed by atoms with Gasteiger partial charge in [0.1, 0.15) is 0 Å². The molecule has 0 nitrogen and oxygen atoms in total. The molecular weight excluding hydrogens is 228 g/mol. The Labute approximate surface area is 109 Å². The van der Waals surface area contributed by atoms with Gasteiger partial charge in [-0.05, 0) is 23.6 Å². The third-order valence-corrected chi connectivity index (χ3v) is 2.88. The van der Waals surface area contributed by atoms with E-state index in [1.54, 1.807) is 0 Å². The monoisotopic (exact) mass is 246 g/mol. The minimum atomic E-state index is 0.807. The largest absolute Gasteiger partial charge is 0.0837 e. The van der Waals surface area contributed by atoms with Gasteiger partial charge >= 0.3 is 0 Å². The Kier molecular flexibility index (Phi) is 5.79. The number of benzene rings is 2. The molecule has 0 atom stereocenters. The maximum absolute atomic E-state index is 6.13. The van der Waals surface area contributed by atoms with Crippen molar-refractivity contribution < 1.29 is 0 Å². The van der Waals surface area contributed by atoms with Crippen LogP contribution in [0.1, 0.15) is 26.3 Å². The van der Waals surface area contributed by atoms with Crippen molar-refractivity contribution in [3.05, 3.63) is 59.1 Å². The highest BCUT2D eigenvalue weighted by Gasteiger charge is 2.01. The predicted octanol–water partition coefficient (Wildman–Crippen LogP) is 5.60. The van der Waals surface area contributed by atoms with Crippen molar-refractivity contribution in [2.24, 2.45) is 0 Å². The van der Waals surface area contributed by atoms with Crippen molar-refractivity contribution in [1.29, 1.82) is 0 Å². The lowest BCUT2D eigenvalue weighted by molar-refractivity contribution is 1.14. The second-order valence-corrected chi connectivity index (χ2v) is 3.94. The first-order valence-corrected chi connectivity index (χ1v) is 6.53. The van der Waals surface area contributed by atoms with Gasteiger partial charge < -0.3 is 0 Å². The Morgan fingerprint density at radius 3 is 2.00 bits per heavy atom. The van der Waals surface area contributed by atoms with Gasteiger partial charge in [-0.1, -0.05) is 74.8 Å². The summed E-state index contributed by atoms with van der Waals surface area (Å²) in [6, 6.07) is 16.5. The Bertz CT molecular complexity index is 443. The van der Waals surface area contributed by atoms with Gasteiger partial charge in [0, 0.05) is 10.6 Å². The molecule has 0 saturated heterocycles. The predicted molar refractivity (Wildman–Crippen MR) is 77.6 cm³/mol. The third kappa shape index (κ3) is 3.61. The molecule has 0 aliphatic carbocycles. The average Bonchev–Trinajstić information content (AvgIpc) is 2.42. The Balaban J connectivity index is 0.000000686. The van der Waals surface area contributed by atoms with Crippen LogP contribution in [-0.2, 0) is 6.42 Å². The SMILES string of the molecule is CC.CCc1ccc(-c2ccccc2Cl)cc1. The highest BCUT2D eigenvalue weighted by atomic mass is 35.5. The Morgan fingerprint density at radius 2 is 1.47 bits per heavy atom. The molecule has 2 aromatic carbocycles. The summed E-state index contributed by atoms with van der Waals surface area (Å²) in [7, 11) is 0. The number of hydrogen-bond acceptors (Lipinski definition) is 0. The fraction of sp³-hybridized carbons (Fsp3) is 0.250. The minimum Gasteiger partial charge on any atom is -0.0837 e. The van der Waals surface area contributed by atoms with Crippen LogP contribution in [0, 0.1) is 0 Å². The van der Waals surface area contributed by atoms with Crippen LogP contribution in [-0.4, -0.2) is 0 Å². The summed E-state index contributed by atoms with van der Waals surface area (Å²) in [5.74, 6) is 0. The zero-order chi connectivity index (χ0) is 12.7. The van der Waals surface area contributed by atoms with Crippen molar-refractivity contribution in [2.45, 2.75) is 27.2 Å². The van der Waals surface area contributed by atoms with Crippen LogP contribution in [0.2, 0.25) is 5.02 Å². The lowest BCUT2D eigenvalue weighted by Gasteiger charge is -2.04. The van der Waals surface area contributed by atoms with Crippen LogP contribution < -0.4 is 0 Å². The van der Waals surface area contributed by atoms with E-state index in [1.165, 1.54) is 11.1 Å². The molecule has 0 unspecified atom stereocenters. The third-order valence-electron chi connectivity index (χ3n) is 2.55. The van der Waals surface area contributed by atoms with E-state index in [9.17, 15) is 0 Å². The molecule has 0 aromatic heterocycles. The van der Waals surface area contributed by atoms with Gasteiger partial charge in [0.2, 0.25) is 0 Å². The fourth-order valence-electron chi connectivity index (χ4n) is 1.62. The quantitative estimate of drug-likeness (QED) is 0.647. The van der Waals surface area contributed by atoms with Crippen molar-refractivity contribution in [2.75, 3.05) is 0 Å². The lowest BCUT2D eigenvalue weighted by Crippen LogP contribution is -1.82. The van der Waals surface area contributed by atoms with E-state index in [2.05, 4.69) is 31.2 Å². The minimum absolute atomic E-state index is 0.807. The fourth-order valence-corrected chi connectivity index (χ4v) is 1.86. The van der Waals surface area contributed by atoms with Gasteiger partial charge in [-0.25, -0.2) is 0 Å². The summed E-state index contributed by atoms with van der Waals surface area (Å²) in [5.41, 5.74) is 3.63. The van der Waals surface area contributed by atoms with E-state index >= 15 is 0 Å². The van der Waals surface area contributed by atoms with Gasteiger partial charge in [0.15, 0.2) is 0 Å². The summed E-state index contributed by atoms with van der Waals surface area (Å²) in [6.45, 7) is 6.16. The van der Waals surface area contributed by atoms with E-state index in [4.69, 9.17) is 11.6 Å². The van der Waals surface area contributed by atoms with E-state index in [-0.39, 0.29) is 0 Å². The Hall–Kier alpha value is -1.27. The van der Waals surface area contributed by atoms with E-state index < -0.39 is 0 Å². The number of aryl methyl sites for hydroxylation is 1. The van der Waals surface area contributed by atoms with Crippen molar-refractivity contribution >= 4 is 11.6 Å². The molecule has 0 N–H and O–H groups in total. The first-order chi connectivity index (χ1) is 8.31. The molecule has 0 spiro atoms. The van der Waals surface area contributed by atoms with Gasteiger partial charge in [-0.15, -0.1) is 0 Å². The van der Waals surface area contributed by atoms with Crippen molar-refractivity contribution in [3.63, 3.8) is 0 Å². The number of hydrogen-bond donors (Lipinski definition) is 0. The van der Waals surface area contributed by atoms with Crippen LogP contribution in [0.15, 0.2) is 48.5 Å². The molecule has 0 aliphatic rings. The molecular formula is C16H19Cl. The van der Waals surface area contributed by atoms with Gasteiger partial charge in [0.25, 0.3) is 0 Å². The molecule has 0 amide bonds. The molecule has 0 saturated carbocycles. The molecule has 0 bridgehead atoms. The second kappa shape index (κ2) is 7.13. The summed E-state index contributed by atoms with van der Waals surface area (Å²) in [4.78, 5) is 0. The lowest BCUT2D eigenvalue weighted by atomic mass is 10.0. The van der Waals surface area contributed by atoms with Crippen LogP contribution >= 0.6 is 11.6 Å². The second-order valence-electron chi connectivity index (χ2n) is 3.53. The van der Waals surface area contributed by atoms with Crippen LogP contribution in [0.4, 0.5) is 0 Å². The molecule has 0 heterocycles. The van der Waals surface area contributed by atoms with Crippen LogP contribution in [0.5, 0.6) is 0 Å². The maximum Gasteiger partial charge on any atom is 0.0484 e. The molecule has 2 rings (SSSR count). The van der Waals surface area contributed by atoms with Gasteiger partial charge in [-0.2, -0.15) is 0 Å². The van der Waals surface area contributed by atoms with Crippen LogP contribution in [0.3, 0.4) is 0 Å². The smallest absolute Gasteiger partial charge is 0.0484 e. The summed E-state index contributed by atoms with van der Waals surface area (Å²) in [6.07, 6.45) is 1.07. The molecule has 0 radical (unpaired) electrons. The Morgan fingerprint density at radius 1 is 0.882 bits per heavy atom. The maximum atomic E-state index is 6.13. The summed E-state index contributed by atoms with van der Waals surface area (Å²) in [5, 5.41) is 0.807. The van der Waals surface area contributed by atoms with E-state index in [0.717, 1.165) is 17.0 Å². The molecule has 2 aromatic rings. The average molecular weight is 247 g/mol. The summed E-state index contributed by atoms with van der Waals surface area (Å²) >= 11 is 6.13. The van der Waals surface area contributed by atoms with E-state index in [1.807, 2.05) is 38.1 Å². The standard InChI is InChI=1S/C14H13Cl.C2H6/c1-2-11-7-9-12(10-8-11)13-5-3-4-6-14(13)15;1-2/h3-10H,2H2,1H3;1-2H3.